The molecule has 0 bridgehead atoms. The van der Waals surface area contributed by atoms with Crippen molar-refractivity contribution in [2.45, 2.75) is 57.0 Å². The normalized spacial score (nSPS) is 39.0. The van der Waals surface area contributed by atoms with Crippen LogP contribution in [0.2, 0.25) is 10.0 Å². The monoisotopic (exact) mass is 474 g/mol. The van der Waals surface area contributed by atoms with Gasteiger partial charge in [0.2, 0.25) is 0 Å². The molecule has 1 aromatic rings. The first-order valence-corrected chi connectivity index (χ1v) is 13.1. The summed E-state index contributed by atoms with van der Waals surface area (Å²) in [4.78, 5) is 25.6. The van der Waals surface area contributed by atoms with Gasteiger partial charge in [0.05, 0.1) is 10.0 Å². The molecule has 4 aliphatic rings. The van der Waals surface area contributed by atoms with E-state index in [0.29, 0.717) is 39.3 Å². The molecule has 3 saturated carbocycles. The fourth-order valence-electron chi connectivity index (χ4n) is 7.09. The fraction of sp³-hybridized carbons (Fsp3) is 0.538. The molecule has 1 aromatic carbocycles. The van der Waals surface area contributed by atoms with E-state index in [0.717, 1.165) is 25.0 Å². The lowest BCUT2D eigenvalue weighted by molar-refractivity contribution is -0.140. The minimum Gasteiger partial charge on any atom is -0.299 e. The number of ketones is 2. The van der Waals surface area contributed by atoms with Crippen LogP contribution in [-0.4, -0.2) is 16.8 Å². The van der Waals surface area contributed by atoms with Gasteiger partial charge in [-0.15, -0.1) is 0 Å². The van der Waals surface area contributed by atoms with Crippen molar-refractivity contribution in [3.05, 3.63) is 57.6 Å². The first-order chi connectivity index (χ1) is 14.7. The van der Waals surface area contributed by atoms with E-state index in [1.165, 1.54) is 17.6 Å². The van der Waals surface area contributed by atoms with Crippen LogP contribution in [0.4, 0.5) is 0 Å². The van der Waals surface area contributed by atoms with Gasteiger partial charge >= 0.3 is 0 Å². The summed E-state index contributed by atoms with van der Waals surface area (Å²) in [5, 5.41) is 1.67. The highest BCUT2D eigenvalue weighted by Crippen LogP contribution is 2.65. The van der Waals surface area contributed by atoms with Crippen molar-refractivity contribution in [1.82, 2.24) is 0 Å². The zero-order valence-corrected chi connectivity index (χ0v) is 20.3. The second kappa shape index (κ2) is 7.78. The summed E-state index contributed by atoms with van der Waals surface area (Å²) in [6.07, 6.45) is 10.5. The predicted octanol–water partition coefficient (Wildman–Crippen LogP) is 7.08. The van der Waals surface area contributed by atoms with E-state index >= 15 is 0 Å². The summed E-state index contributed by atoms with van der Waals surface area (Å²) in [5.41, 5.74) is 2.12. The third kappa shape index (κ3) is 3.47. The number of fused-ring (bicyclic) bond motifs is 5. The molecule has 3 fully saturated rings. The number of halogens is 2. The van der Waals surface area contributed by atoms with Crippen molar-refractivity contribution in [3.8, 4) is 0 Å². The third-order valence-corrected chi connectivity index (χ3v) is 11.0. The van der Waals surface area contributed by atoms with Crippen molar-refractivity contribution in [1.29, 1.82) is 0 Å². The molecule has 0 aromatic heterocycles. The van der Waals surface area contributed by atoms with Crippen LogP contribution < -0.4 is 0 Å². The van der Waals surface area contributed by atoms with E-state index in [-0.39, 0.29) is 22.5 Å². The van der Waals surface area contributed by atoms with Gasteiger partial charge < -0.3 is 0 Å². The molecule has 0 aliphatic heterocycles. The zero-order chi connectivity index (χ0) is 22.0. The quantitative estimate of drug-likeness (QED) is 0.468. The number of thioether (sulfide) groups is 1. The van der Waals surface area contributed by atoms with E-state index in [1.807, 2.05) is 36.0 Å². The molecule has 0 saturated heterocycles. The highest BCUT2D eigenvalue weighted by Gasteiger charge is 2.61. The Kier molecular flexibility index (Phi) is 5.47. The van der Waals surface area contributed by atoms with Crippen LogP contribution in [0.15, 0.2) is 42.0 Å². The molecular formula is C26H28Cl2O2S. The molecule has 5 heteroatoms. The van der Waals surface area contributed by atoms with E-state index in [4.69, 9.17) is 23.2 Å². The molecule has 2 nitrogen and oxygen atoms in total. The predicted molar refractivity (Wildman–Crippen MR) is 129 cm³/mol. The summed E-state index contributed by atoms with van der Waals surface area (Å²) in [5.74, 6) is 2.37. The summed E-state index contributed by atoms with van der Waals surface area (Å²) in [6, 6.07) is 5.87. The second-order valence-electron chi connectivity index (χ2n) is 10.2. The smallest absolute Gasteiger partial charge is 0.178 e. The van der Waals surface area contributed by atoms with E-state index in [1.54, 1.807) is 12.2 Å². The van der Waals surface area contributed by atoms with Crippen molar-refractivity contribution in [2.24, 2.45) is 28.6 Å². The topological polar surface area (TPSA) is 34.1 Å². The lowest BCUT2D eigenvalue weighted by Crippen LogP contribution is -2.54. The molecule has 4 aliphatic carbocycles. The van der Waals surface area contributed by atoms with Crippen LogP contribution in [0.5, 0.6) is 0 Å². The molecule has 0 N–H and O–H groups in total. The molecule has 0 radical (unpaired) electrons. The average molecular weight is 475 g/mol. The third-order valence-electron chi connectivity index (χ3n) is 8.60. The van der Waals surface area contributed by atoms with Gasteiger partial charge in [0, 0.05) is 28.8 Å². The summed E-state index contributed by atoms with van der Waals surface area (Å²) in [6.45, 7) is 4.55. The molecule has 5 rings (SSSR count). The number of rotatable bonds is 3. The Bertz CT molecular complexity index is 1010. The second-order valence-corrected chi connectivity index (χ2v) is 12.3. The fourth-order valence-corrected chi connectivity index (χ4v) is 8.92. The number of allylic oxidation sites excluding steroid dienone is 4. The highest BCUT2D eigenvalue weighted by molar-refractivity contribution is 7.99. The van der Waals surface area contributed by atoms with Crippen molar-refractivity contribution in [3.63, 3.8) is 0 Å². The maximum atomic E-state index is 13.6. The number of hydrogen-bond donors (Lipinski definition) is 0. The first-order valence-electron chi connectivity index (χ1n) is 11.2. The van der Waals surface area contributed by atoms with Gasteiger partial charge in [-0.25, -0.2) is 0 Å². The van der Waals surface area contributed by atoms with Gasteiger partial charge in [-0.1, -0.05) is 54.8 Å². The molecular weight excluding hydrogens is 447 g/mol. The van der Waals surface area contributed by atoms with Gasteiger partial charge in [0.1, 0.15) is 5.78 Å². The van der Waals surface area contributed by atoms with Crippen molar-refractivity contribution >= 4 is 46.5 Å². The average Bonchev–Trinajstić information content (AvgIpc) is 3.05. The van der Waals surface area contributed by atoms with Crippen LogP contribution in [-0.2, 0) is 15.3 Å². The van der Waals surface area contributed by atoms with Crippen molar-refractivity contribution < 1.29 is 9.59 Å². The van der Waals surface area contributed by atoms with E-state index < -0.39 is 0 Å². The van der Waals surface area contributed by atoms with Crippen LogP contribution >= 0.6 is 35.0 Å². The number of carbonyl (C=O) groups excluding carboxylic acids is 2. The SMILES string of the molecule is C[C@]12CC(=O)[C@H]3[C@@H](CCC4=CC(=O)C=C[C@@]43C)[C@@H]1CC[C@H]2SCc1ccc(Cl)c(Cl)c1. The first kappa shape index (κ1) is 21.8. The minimum absolute atomic E-state index is 0.0220. The molecule has 164 valence electrons. The van der Waals surface area contributed by atoms with Crippen molar-refractivity contribution in [2.75, 3.05) is 0 Å². The van der Waals surface area contributed by atoms with Gasteiger partial charge in [0.15, 0.2) is 5.78 Å². The zero-order valence-electron chi connectivity index (χ0n) is 18.0. The molecule has 0 spiro atoms. The lowest BCUT2D eigenvalue weighted by Gasteiger charge is -2.55. The van der Waals surface area contributed by atoms with Gasteiger partial charge in [-0.2, -0.15) is 11.8 Å². The number of benzene rings is 1. The van der Waals surface area contributed by atoms with Gasteiger partial charge in [-0.05, 0) is 72.8 Å². The Morgan fingerprint density at radius 1 is 1.10 bits per heavy atom. The number of Topliss-reactive ketones (excluding diaryl/α,β-unsaturated/α-hetero) is 1. The van der Waals surface area contributed by atoms with Crippen LogP contribution in [0.1, 0.15) is 51.5 Å². The molecule has 0 unspecified atom stereocenters. The Labute approximate surface area is 198 Å². The minimum atomic E-state index is -0.277. The molecule has 6 atom stereocenters. The lowest BCUT2D eigenvalue weighted by atomic mass is 9.48. The molecule has 31 heavy (non-hydrogen) atoms. The Morgan fingerprint density at radius 3 is 2.68 bits per heavy atom. The maximum absolute atomic E-state index is 13.6. The summed E-state index contributed by atoms with van der Waals surface area (Å²) < 4.78 is 0. The van der Waals surface area contributed by atoms with E-state index in [9.17, 15) is 9.59 Å². The highest BCUT2D eigenvalue weighted by atomic mass is 35.5. The van der Waals surface area contributed by atoms with Gasteiger partial charge in [-0.3, -0.25) is 9.59 Å². The summed E-state index contributed by atoms with van der Waals surface area (Å²) in [7, 11) is 0. The summed E-state index contributed by atoms with van der Waals surface area (Å²) >= 11 is 14.2. The Balaban J connectivity index is 1.37. The van der Waals surface area contributed by atoms with Crippen LogP contribution in [0, 0.1) is 28.6 Å². The Hall–Kier alpha value is -1.03. The maximum Gasteiger partial charge on any atom is 0.178 e. The Morgan fingerprint density at radius 2 is 1.90 bits per heavy atom. The standard InChI is InChI=1S/C26H28Cl2O2S/c1-25-10-9-17(29)12-16(25)4-5-18-19-6-8-23(26(19,2)13-22(30)24(18)25)31-14-15-3-7-20(27)21(28)11-15/h3,7,9-12,18-19,23-24H,4-6,8,13-14H2,1-2H3/t18-,19-,23+,24+,25-,26-/m0/s1. The molecule has 0 heterocycles. The van der Waals surface area contributed by atoms with Gasteiger partial charge in [0.25, 0.3) is 0 Å². The van der Waals surface area contributed by atoms with E-state index in [2.05, 4.69) is 13.8 Å². The van der Waals surface area contributed by atoms with Crippen LogP contribution in [0.25, 0.3) is 0 Å². The number of carbonyl (C=O) groups is 2. The largest absolute Gasteiger partial charge is 0.299 e. The van der Waals surface area contributed by atoms with Crippen LogP contribution in [0.3, 0.4) is 0 Å². The number of hydrogen-bond acceptors (Lipinski definition) is 3. The molecule has 0 amide bonds.